The zero-order valence-corrected chi connectivity index (χ0v) is 16.5. The zero-order valence-electron chi connectivity index (χ0n) is 15.7. The number of methoxy groups -OCH3 is 1. The first-order valence-electron chi connectivity index (χ1n) is 8.94. The molecule has 148 valence electrons. The number of nitrogens with zero attached hydrogens (tertiary/aromatic N) is 3. The molecule has 1 aliphatic heterocycles. The lowest BCUT2D eigenvalue weighted by atomic mass is 10.1. The van der Waals surface area contributed by atoms with Gasteiger partial charge in [-0.2, -0.15) is 15.0 Å². The quantitative estimate of drug-likeness (QED) is 0.593. The Morgan fingerprint density at radius 1 is 1.17 bits per heavy atom. The first-order valence-corrected chi connectivity index (χ1v) is 9.82. The molecule has 0 aliphatic carbocycles. The fourth-order valence-electron chi connectivity index (χ4n) is 2.97. The number of anilines is 3. The number of fused-ring (bicyclic) bond motifs is 1. The molecule has 0 spiro atoms. The van der Waals surface area contributed by atoms with Crippen molar-refractivity contribution >= 4 is 35.3 Å². The molecular weight excluding hydrogens is 390 g/mol. The number of esters is 1. The van der Waals surface area contributed by atoms with Gasteiger partial charge < -0.3 is 20.5 Å². The predicted octanol–water partition coefficient (Wildman–Crippen LogP) is 2.97. The van der Waals surface area contributed by atoms with Crippen molar-refractivity contribution in [2.24, 2.45) is 0 Å². The molecule has 9 heteroatoms. The van der Waals surface area contributed by atoms with Crippen LogP contribution in [0.5, 0.6) is 5.75 Å². The molecule has 1 aromatic heterocycles. The number of carbonyl (C=O) groups excluding carboxylic acids is 1. The molecule has 0 fully saturated rings. The van der Waals surface area contributed by atoms with Gasteiger partial charge in [-0.25, -0.2) is 0 Å². The fourth-order valence-corrected chi connectivity index (χ4v) is 4.16. The van der Waals surface area contributed by atoms with Gasteiger partial charge in [0, 0.05) is 4.90 Å². The highest BCUT2D eigenvalue weighted by Gasteiger charge is 2.29. The second-order valence-electron chi connectivity index (χ2n) is 6.28. The molecular formula is C20H19N5O3S. The highest BCUT2D eigenvalue weighted by Crippen LogP contribution is 2.37. The van der Waals surface area contributed by atoms with E-state index in [0.717, 1.165) is 10.5 Å². The van der Waals surface area contributed by atoms with Crippen LogP contribution in [-0.4, -0.2) is 33.3 Å². The summed E-state index contributed by atoms with van der Waals surface area (Å²) < 4.78 is 10.7. The molecule has 0 bridgehead atoms. The summed E-state index contributed by atoms with van der Waals surface area (Å²) in [5.41, 5.74) is 7.63. The number of aromatic nitrogens is 3. The standard InChI is InChI=1S/C20H19N5O3S/c1-27-14-8-4-3-7-13(14)22-20-24-17(23-19(21)25-20)11-28-18(26)16-10-12-6-2-5-9-15(12)29-16/h2-9,16H,10-11H2,1H3,(H3,21,22,23,24,25). The maximum absolute atomic E-state index is 12.5. The first kappa shape index (κ1) is 19.0. The van der Waals surface area contributed by atoms with E-state index in [2.05, 4.69) is 20.3 Å². The summed E-state index contributed by atoms with van der Waals surface area (Å²) in [6.45, 7) is -0.0838. The van der Waals surface area contributed by atoms with Gasteiger partial charge in [-0.1, -0.05) is 30.3 Å². The third kappa shape index (κ3) is 4.40. The number of ether oxygens (including phenoxy) is 2. The highest BCUT2D eigenvalue weighted by atomic mass is 32.2. The minimum atomic E-state index is -0.301. The van der Waals surface area contributed by atoms with E-state index < -0.39 is 0 Å². The Labute approximate surface area is 171 Å². The van der Waals surface area contributed by atoms with E-state index in [-0.39, 0.29) is 35.5 Å². The summed E-state index contributed by atoms with van der Waals surface area (Å²) in [5, 5.41) is 2.78. The monoisotopic (exact) mass is 409 g/mol. The van der Waals surface area contributed by atoms with Crippen LogP contribution < -0.4 is 15.8 Å². The maximum atomic E-state index is 12.5. The molecule has 8 nitrogen and oxygen atoms in total. The van der Waals surface area contributed by atoms with Gasteiger partial charge in [-0.15, -0.1) is 11.8 Å². The van der Waals surface area contributed by atoms with Crippen LogP contribution in [0.25, 0.3) is 0 Å². The number of nitrogens with one attached hydrogen (secondary N) is 1. The number of benzene rings is 2. The van der Waals surface area contributed by atoms with Gasteiger partial charge in [0.1, 0.15) is 11.0 Å². The van der Waals surface area contributed by atoms with Crippen LogP contribution >= 0.6 is 11.8 Å². The van der Waals surface area contributed by atoms with Gasteiger partial charge in [-0.3, -0.25) is 4.79 Å². The summed E-state index contributed by atoms with van der Waals surface area (Å²) in [7, 11) is 1.58. The van der Waals surface area contributed by atoms with E-state index in [0.29, 0.717) is 17.9 Å². The van der Waals surface area contributed by atoms with E-state index >= 15 is 0 Å². The van der Waals surface area contributed by atoms with Gasteiger partial charge >= 0.3 is 5.97 Å². The Hall–Kier alpha value is -3.33. The smallest absolute Gasteiger partial charge is 0.320 e. The fraction of sp³-hybridized carbons (Fsp3) is 0.200. The van der Waals surface area contributed by atoms with E-state index in [9.17, 15) is 4.79 Å². The van der Waals surface area contributed by atoms with Gasteiger partial charge in [-0.05, 0) is 30.2 Å². The van der Waals surface area contributed by atoms with Crippen LogP contribution in [-0.2, 0) is 22.6 Å². The molecule has 0 saturated heterocycles. The van der Waals surface area contributed by atoms with Crippen molar-refractivity contribution in [3.8, 4) is 5.75 Å². The van der Waals surface area contributed by atoms with Crippen molar-refractivity contribution in [2.75, 3.05) is 18.2 Å². The maximum Gasteiger partial charge on any atom is 0.320 e. The van der Waals surface area contributed by atoms with E-state index in [1.54, 1.807) is 7.11 Å². The summed E-state index contributed by atoms with van der Waals surface area (Å²) in [6.07, 6.45) is 0.652. The number of hydrogen-bond acceptors (Lipinski definition) is 9. The molecule has 3 aromatic rings. The number of nitrogen functional groups attached to an aromatic ring is 1. The number of nitrogens with two attached hydrogens (primary N) is 1. The Morgan fingerprint density at radius 3 is 2.79 bits per heavy atom. The molecule has 4 rings (SSSR count). The predicted molar refractivity (Wildman–Crippen MR) is 110 cm³/mol. The van der Waals surface area contributed by atoms with E-state index in [1.807, 2.05) is 48.5 Å². The summed E-state index contributed by atoms with van der Waals surface area (Å²) >= 11 is 1.51. The lowest BCUT2D eigenvalue weighted by Gasteiger charge is -2.11. The summed E-state index contributed by atoms with van der Waals surface area (Å²) in [6, 6.07) is 15.3. The molecule has 1 atom stereocenters. The molecule has 0 radical (unpaired) electrons. The number of para-hydroxylation sites is 2. The van der Waals surface area contributed by atoms with Crippen LogP contribution in [0.3, 0.4) is 0 Å². The van der Waals surface area contributed by atoms with Crippen LogP contribution in [0.4, 0.5) is 17.6 Å². The molecule has 0 amide bonds. The summed E-state index contributed by atoms with van der Waals surface area (Å²) in [5.74, 6) is 0.882. The first-order chi connectivity index (χ1) is 14.1. The lowest BCUT2D eigenvalue weighted by Crippen LogP contribution is -2.20. The van der Waals surface area contributed by atoms with Gasteiger partial charge in [0.25, 0.3) is 0 Å². The van der Waals surface area contributed by atoms with Crippen molar-refractivity contribution in [1.82, 2.24) is 15.0 Å². The average molecular weight is 409 g/mol. The van der Waals surface area contributed by atoms with Gasteiger partial charge in [0.15, 0.2) is 12.4 Å². The minimum absolute atomic E-state index is 0.0334. The number of carbonyl (C=O) groups is 1. The van der Waals surface area contributed by atoms with Crippen molar-refractivity contribution in [2.45, 2.75) is 23.2 Å². The van der Waals surface area contributed by atoms with Crippen molar-refractivity contribution < 1.29 is 14.3 Å². The van der Waals surface area contributed by atoms with Crippen LogP contribution in [0.15, 0.2) is 53.4 Å². The van der Waals surface area contributed by atoms with Gasteiger partial charge in [0.05, 0.1) is 12.8 Å². The lowest BCUT2D eigenvalue weighted by molar-refractivity contribution is -0.144. The normalized spacial score (nSPS) is 14.9. The minimum Gasteiger partial charge on any atom is -0.495 e. The largest absolute Gasteiger partial charge is 0.495 e. The number of thioether (sulfide) groups is 1. The second-order valence-corrected chi connectivity index (χ2v) is 7.53. The third-order valence-electron chi connectivity index (χ3n) is 4.31. The van der Waals surface area contributed by atoms with E-state index in [1.165, 1.54) is 11.8 Å². The third-order valence-corrected chi connectivity index (χ3v) is 5.60. The number of rotatable bonds is 6. The molecule has 3 N–H and O–H groups in total. The van der Waals surface area contributed by atoms with Crippen LogP contribution in [0, 0.1) is 0 Å². The van der Waals surface area contributed by atoms with E-state index in [4.69, 9.17) is 15.2 Å². The molecule has 0 saturated carbocycles. The molecule has 2 aromatic carbocycles. The SMILES string of the molecule is COc1ccccc1Nc1nc(N)nc(COC(=O)C2Cc3ccccc3S2)n1. The van der Waals surface area contributed by atoms with Crippen molar-refractivity contribution in [3.05, 3.63) is 59.9 Å². The van der Waals surface area contributed by atoms with Crippen molar-refractivity contribution in [3.63, 3.8) is 0 Å². The number of hydrogen-bond donors (Lipinski definition) is 2. The Kier molecular flexibility index (Phi) is 5.48. The highest BCUT2D eigenvalue weighted by molar-refractivity contribution is 8.01. The summed E-state index contributed by atoms with van der Waals surface area (Å²) in [4.78, 5) is 26.0. The van der Waals surface area contributed by atoms with Gasteiger partial charge in [0.2, 0.25) is 11.9 Å². The Balaban J connectivity index is 1.41. The molecule has 29 heavy (non-hydrogen) atoms. The molecule has 2 heterocycles. The molecule has 1 unspecified atom stereocenters. The van der Waals surface area contributed by atoms with Crippen molar-refractivity contribution in [1.29, 1.82) is 0 Å². The van der Waals surface area contributed by atoms with Crippen LogP contribution in [0.1, 0.15) is 11.4 Å². The Morgan fingerprint density at radius 2 is 1.97 bits per heavy atom. The topological polar surface area (TPSA) is 112 Å². The zero-order chi connectivity index (χ0) is 20.2. The molecule has 1 aliphatic rings. The Bertz CT molecular complexity index is 1020. The van der Waals surface area contributed by atoms with Crippen LogP contribution in [0.2, 0.25) is 0 Å². The average Bonchev–Trinajstić information content (AvgIpc) is 3.16. The second kappa shape index (κ2) is 8.36.